The Hall–Kier alpha value is -0.610. The summed E-state index contributed by atoms with van der Waals surface area (Å²) < 4.78 is 49.5. The molecule has 0 spiro atoms. The summed E-state index contributed by atoms with van der Waals surface area (Å²) in [6.07, 6.45) is -10.2. The van der Waals surface area contributed by atoms with Crippen molar-refractivity contribution < 1.29 is 52.9 Å². The van der Waals surface area contributed by atoms with Crippen molar-refractivity contribution in [2.45, 2.75) is 98.6 Å². The van der Waals surface area contributed by atoms with Crippen molar-refractivity contribution in [3.05, 3.63) is 0 Å². The molecular weight excluding hydrogens is 530 g/mol. The van der Waals surface area contributed by atoms with Crippen molar-refractivity contribution >= 4 is 10.0 Å². The fourth-order valence-corrected chi connectivity index (χ4v) is 6.24. The van der Waals surface area contributed by atoms with E-state index < -0.39 is 96.0 Å². The molecule has 2 aliphatic heterocycles. The molecule has 3 aliphatic rings. The third-order valence-electron chi connectivity index (χ3n) is 7.22. The van der Waals surface area contributed by atoms with Crippen molar-refractivity contribution in [1.29, 1.82) is 0 Å². The van der Waals surface area contributed by atoms with E-state index in [9.17, 15) is 34.0 Å². The van der Waals surface area contributed by atoms with Crippen LogP contribution in [0.3, 0.4) is 0 Å². The Morgan fingerprint density at radius 2 is 1.63 bits per heavy atom. The summed E-state index contributed by atoms with van der Waals surface area (Å²) in [7, 11) is -3.69. The number of hydrogen-bond acceptors (Lipinski definition) is 15. The molecule has 14 N–H and O–H groups in total. The summed E-state index contributed by atoms with van der Waals surface area (Å²) in [5.74, 6) is -0.285. The van der Waals surface area contributed by atoms with E-state index in [0.717, 1.165) is 0 Å². The molecule has 3 rings (SSSR count). The maximum absolute atomic E-state index is 12.1. The van der Waals surface area contributed by atoms with Gasteiger partial charge < -0.3 is 67.4 Å². The number of aliphatic hydroxyl groups is 5. The molecule has 16 nitrogen and oxygen atoms in total. The summed E-state index contributed by atoms with van der Waals surface area (Å²) in [5, 5.41) is 51.5. The molecule has 1 aliphatic carbocycles. The zero-order valence-corrected chi connectivity index (χ0v) is 21.9. The van der Waals surface area contributed by atoms with Crippen LogP contribution in [0.25, 0.3) is 0 Å². The van der Waals surface area contributed by atoms with Gasteiger partial charge >= 0.3 is 0 Å². The summed E-state index contributed by atoms with van der Waals surface area (Å²) in [5.41, 5.74) is 22.9. The number of rotatable bonds is 12. The van der Waals surface area contributed by atoms with Crippen LogP contribution in [-0.4, -0.2) is 145 Å². The highest BCUT2D eigenvalue weighted by Gasteiger charge is 2.49. The Bertz CT molecular complexity index is 842. The third-order valence-corrected chi connectivity index (χ3v) is 8.66. The highest BCUT2D eigenvalue weighted by molar-refractivity contribution is 7.89. The van der Waals surface area contributed by atoms with Crippen LogP contribution in [0.1, 0.15) is 19.3 Å². The standard InChI is InChI=1S/C21H43N5O11S/c22-2-4-38(32,33)26-10-5-9(24)6-12(16(10)28)34-3-1-11-18(30)20(14(8-27)35-11)37-21-15(25)19(31)17(29)13(7-23)36-21/h9-21,26-31H,1-8,22-25H2. The molecule has 0 aromatic rings. The molecule has 0 radical (unpaired) electrons. The van der Waals surface area contributed by atoms with Crippen LogP contribution in [-0.2, 0) is 29.0 Å². The fraction of sp³-hybridized carbons (Fsp3) is 1.00. The van der Waals surface area contributed by atoms with Crippen LogP contribution in [0.5, 0.6) is 0 Å². The molecule has 38 heavy (non-hydrogen) atoms. The average molecular weight is 574 g/mol. The molecule has 13 atom stereocenters. The molecule has 13 unspecified atom stereocenters. The average Bonchev–Trinajstić information content (AvgIpc) is 3.16. The first-order valence-electron chi connectivity index (χ1n) is 12.7. The van der Waals surface area contributed by atoms with Gasteiger partial charge in [-0.3, -0.25) is 0 Å². The lowest BCUT2D eigenvalue weighted by atomic mass is 9.87. The van der Waals surface area contributed by atoms with Crippen molar-refractivity contribution in [2.24, 2.45) is 22.9 Å². The highest BCUT2D eigenvalue weighted by atomic mass is 32.2. The molecule has 17 heteroatoms. The second-order valence-electron chi connectivity index (χ2n) is 10.1. The van der Waals surface area contributed by atoms with Crippen molar-refractivity contribution in [3.63, 3.8) is 0 Å². The largest absolute Gasteiger partial charge is 0.394 e. The third kappa shape index (κ3) is 7.56. The summed E-state index contributed by atoms with van der Waals surface area (Å²) >= 11 is 0. The second-order valence-corrected chi connectivity index (χ2v) is 11.9. The molecular formula is C21H43N5O11S. The van der Waals surface area contributed by atoms with Gasteiger partial charge in [-0.25, -0.2) is 13.1 Å². The number of hydrogen-bond donors (Lipinski definition) is 10. The van der Waals surface area contributed by atoms with Crippen LogP contribution >= 0.6 is 0 Å². The zero-order valence-electron chi connectivity index (χ0n) is 21.1. The second kappa shape index (κ2) is 13.8. The van der Waals surface area contributed by atoms with E-state index in [4.69, 9.17) is 41.9 Å². The Labute approximate surface area is 221 Å². The smallest absolute Gasteiger partial charge is 0.213 e. The lowest BCUT2D eigenvalue weighted by molar-refractivity contribution is -0.279. The summed E-state index contributed by atoms with van der Waals surface area (Å²) in [6.45, 7) is -0.650. The minimum atomic E-state index is -3.69. The Morgan fingerprint density at radius 1 is 0.921 bits per heavy atom. The van der Waals surface area contributed by atoms with Gasteiger partial charge in [0.25, 0.3) is 0 Å². The predicted molar refractivity (Wildman–Crippen MR) is 132 cm³/mol. The van der Waals surface area contributed by atoms with Gasteiger partial charge in [0.2, 0.25) is 10.0 Å². The van der Waals surface area contributed by atoms with Crippen molar-refractivity contribution in [3.8, 4) is 0 Å². The van der Waals surface area contributed by atoms with E-state index in [1.54, 1.807) is 0 Å². The highest BCUT2D eigenvalue weighted by Crippen LogP contribution is 2.31. The van der Waals surface area contributed by atoms with Crippen molar-refractivity contribution in [1.82, 2.24) is 4.72 Å². The van der Waals surface area contributed by atoms with Crippen LogP contribution in [0, 0.1) is 0 Å². The van der Waals surface area contributed by atoms with E-state index in [1.807, 2.05) is 0 Å². The first-order chi connectivity index (χ1) is 17.9. The van der Waals surface area contributed by atoms with Gasteiger partial charge in [0.15, 0.2) is 6.29 Å². The normalized spacial score (nSPS) is 44.4. The van der Waals surface area contributed by atoms with Crippen LogP contribution in [0.2, 0.25) is 0 Å². The number of nitrogens with two attached hydrogens (primary N) is 4. The lowest BCUT2D eigenvalue weighted by Crippen LogP contribution is -2.64. The molecule has 0 bridgehead atoms. The Kier molecular flexibility index (Phi) is 11.6. The molecule has 224 valence electrons. The molecule has 2 saturated heterocycles. The molecule has 1 saturated carbocycles. The van der Waals surface area contributed by atoms with Gasteiger partial charge in [-0.15, -0.1) is 0 Å². The van der Waals surface area contributed by atoms with Gasteiger partial charge in [0, 0.05) is 25.7 Å². The van der Waals surface area contributed by atoms with Crippen LogP contribution in [0.4, 0.5) is 0 Å². The number of aliphatic hydroxyl groups excluding tert-OH is 5. The van der Waals surface area contributed by atoms with Crippen LogP contribution in [0.15, 0.2) is 0 Å². The molecule has 0 aromatic heterocycles. The molecule has 3 fully saturated rings. The number of ether oxygens (including phenoxy) is 4. The SMILES string of the molecule is NCCS(=O)(=O)NC1CC(N)CC(OCCC2OC(CO)C(OC3OC(CN)C(O)C(O)C3N)C2O)C1O. The lowest BCUT2D eigenvalue weighted by Gasteiger charge is -2.42. The van der Waals surface area contributed by atoms with E-state index in [1.165, 1.54) is 0 Å². The van der Waals surface area contributed by atoms with Gasteiger partial charge in [0.1, 0.15) is 36.6 Å². The van der Waals surface area contributed by atoms with E-state index in [2.05, 4.69) is 4.72 Å². The summed E-state index contributed by atoms with van der Waals surface area (Å²) in [4.78, 5) is 0. The zero-order chi connectivity index (χ0) is 28.2. The number of sulfonamides is 1. The van der Waals surface area contributed by atoms with Gasteiger partial charge in [-0.1, -0.05) is 0 Å². The van der Waals surface area contributed by atoms with Crippen molar-refractivity contribution in [2.75, 3.05) is 32.1 Å². The molecule has 0 aromatic carbocycles. The van der Waals surface area contributed by atoms with E-state index >= 15 is 0 Å². The number of nitrogens with one attached hydrogen (secondary N) is 1. The topological polar surface area (TPSA) is 288 Å². The van der Waals surface area contributed by atoms with Crippen LogP contribution < -0.4 is 27.7 Å². The minimum Gasteiger partial charge on any atom is -0.394 e. The molecule has 2 heterocycles. The monoisotopic (exact) mass is 573 g/mol. The van der Waals surface area contributed by atoms with Gasteiger partial charge in [0.05, 0.1) is 42.8 Å². The quantitative estimate of drug-likeness (QED) is 0.104. The maximum atomic E-state index is 12.1. The maximum Gasteiger partial charge on any atom is 0.213 e. The first-order valence-corrected chi connectivity index (χ1v) is 14.4. The minimum absolute atomic E-state index is 0.0168. The first kappa shape index (κ1) is 31.9. The Morgan fingerprint density at radius 3 is 2.26 bits per heavy atom. The Balaban J connectivity index is 1.55. The summed E-state index contributed by atoms with van der Waals surface area (Å²) in [6, 6.07) is -2.39. The van der Waals surface area contributed by atoms with E-state index in [-0.39, 0.29) is 38.3 Å². The van der Waals surface area contributed by atoms with Gasteiger partial charge in [-0.05, 0) is 19.3 Å². The fourth-order valence-electron chi connectivity index (χ4n) is 5.12. The predicted octanol–water partition coefficient (Wildman–Crippen LogP) is -6.27. The molecule has 0 amide bonds. The van der Waals surface area contributed by atoms with Gasteiger partial charge in [-0.2, -0.15) is 0 Å². The van der Waals surface area contributed by atoms with E-state index in [0.29, 0.717) is 6.42 Å².